The van der Waals surface area contributed by atoms with Gasteiger partial charge in [-0.25, -0.2) is 12.8 Å². The van der Waals surface area contributed by atoms with Gasteiger partial charge in [0.1, 0.15) is 5.82 Å². The van der Waals surface area contributed by atoms with Crippen molar-refractivity contribution in [3.8, 4) is 11.1 Å². The van der Waals surface area contributed by atoms with Crippen molar-refractivity contribution in [3.63, 3.8) is 0 Å². The highest BCUT2D eigenvalue weighted by molar-refractivity contribution is 7.92. The standard InChI is InChI=1S/C35H34FN5O3S/c1-23-22-40(24(2)25-8-12-28(36)13-9-25)19-20-41(23)35(42)27-10-15-30(16-11-27)39-45(43,44)33-17-14-29(37)21-32(33)31-7-3-5-26-6-4-18-38-34(26)31/h3-18,21,23-24,39H,19-20,22,37H2,1-2H3/t23-,24?/m1/s1. The minimum Gasteiger partial charge on any atom is -0.399 e. The molecule has 10 heteroatoms. The van der Waals surface area contributed by atoms with Crippen molar-refractivity contribution in [2.45, 2.75) is 30.8 Å². The molecule has 1 unspecified atom stereocenters. The number of benzene rings is 4. The molecule has 1 amide bonds. The summed E-state index contributed by atoms with van der Waals surface area (Å²) in [6, 6.07) is 27.1. The molecular formula is C35H34FN5O3S. The van der Waals surface area contributed by atoms with Gasteiger partial charge in [-0.3, -0.25) is 19.4 Å². The minimum absolute atomic E-state index is 0.0418. The summed E-state index contributed by atoms with van der Waals surface area (Å²) >= 11 is 0. The third kappa shape index (κ3) is 6.25. The summed E-state index contributed by atoms with van der Waals surface area (Å²) in [6.45, 7) is 6.01. The summed E-state index contributed by atoms with van der Waals surface area (Å²) in [5, 5.41) is 0.882. The SMILES string of the molecule is CC(c1ccc(F)cc1)N1CCN(C(=O)c2ccc(NS(=O)(=O)c3ccc(N)cc3-c3cccc4cccnc34)cc2)[C@H](C)C1. The van der Waals surface area contributed by atoms with Crippen LogP contribution in [0.25, 0.3) is 22.0 Å². The molecule has 0 spiro atoms. The normalized spacial score (nSPS) is 16.4. The van der Waals surface area contributed by atoms with Crippen LogP contribution in [-0.2, 0) is 10.0 Å². The lowest BCUT2D eigenvalue weighted by atomic mass is 10.0. The number of sulfonamides is 1. The summed E-state index contributed by atoms with van der Waals surface area (Å²) in [6.07, 6.45) is 1.67. The van der Waals surface area contributed by atoms with Crippen molar-refractivity contribution in [2.75, 3.05) is 30.1 Å². The van der Waals surface area contributed by atoms with Crippen molar-refractivity contribution in [1.29, 1.82) is 0 Å². The topological polar surface area (TPSA) is 109 Å². The number of hydrogen-bond acceptors (Lipinski definition) is 6. The van der Waals surface area contributed by atoms with Crippen molar-refractivity contribution in [1.82, 2.24) is 14.8 Å². The largest absolute Gasteiger partial charge is 0.399 e. The maximum absolute atomic E-state index is 13.7. The molecule has 3 N–H and O–H groups in total. The van der Waals surface area contributed by atoms with Crippen LogP contribution < -0.4 is 10.5 Å². The van der Waals surface area contributed by atoms with Gasteiger partial charge in [0.15, 0.2) is 0 Å². The van der Waals surface area contributed by atoms with Gasteiger partial charge in [0.2, 0.25) is 0 Å². The second-order valence-corrected chi connectivity index (χ2v) is 13.0. The smallest absolute Gasteiger partial charge is 0.262 e. The number of piperazine rings is 1. The van der Waals surface area contributed by atoms with Crippen LogP contribution in [0.15, 0.2) is 108 Å². The highest BCUT2D eigenvalue weighted by atomic mass is 32.2. The van der Waals surface area contributed by atoms with Crippen molar-refractivity contribution < 1.29 is 17.6 Å². The lowest BCUT2D eigenvalue weighted by molar-refractivity contribution is 0.0406. The number of anilines is 2. The molecule has 2 heterocycles. The molecule has 1 fully saturated rings. The Morgan fingerprint density at radius 3 is 2.42 bits per heavy atom. The number of hydrogen-bond donors (Lipinski definition) is 2. The molecule has 1 saturated heterocycles. The van der Waals surface area contributed by atoms with Crippen LogP contribution in [0.4, 0.5) is 15.8 Å². The maximum atomic E-state index is 13.7. The van der Waals surface area contributed by atoms with E-state index in [9.17, 15) is 17.6 Å². The number of carbonyl (C=O) groups is 1. The molecule has 8 nitrogen and oxygen atoms in total. The number of aromatic nitrogens is 1. The van der Waals surface area contributed by atoms with Crippen LogP contribution in [-0.4, -0.2) is 54.8 Å². The predicted octanol–water partition coefficient (Wildman–Crippen LogP) is 6.33. The average Bonchev–Trinajstić information content (AvgIpc) is 3.04. The molecule has 1 aromatic heterocycles. The van der Waals surface area contributed by atoms with E-state index in [1.165, 1.54) is 18.2 Å². The number of amides is 1. The summed E-state index contributed by atoms with van der Waals surface area (Å²) < 4.78 is 43.4. The molecule has 5 aromatic rings. The lowest BCUT2D eigenvalue weighted by Gasteiger charge is -2.42. The van der Waals surface area contributed by atoms with E-state index in [1.54, 1.807) is 54.7 Å². The molecule has 1 aliphatic heterocycles. The van der Waals surface area contributed by atoms with Crippen LogP contribution in [0.3, 0.4) is 0 Å². The monoisotopic (exact) mass is 623 g/mol. The number of nitrogens with two attached hydrogens (primary N) is 1. The molecule has 0 saturated carbocycles. The van der Waals surface area contributed by atoms with Gasteiger partial charge in [-0.2, -0.15) is 0 Å². The van der Waals surface area contributed by atoms with E-state index in [-0.39, 0.29) is 28.7 Å². The number of rotatable bonds is 7. The molecule has 6 rings (SSSR count). The van der Waals surface area contributed by atoms with E-state index in [0.29, 0.717) is 53.2 Å². The Labute approximate surface area is 262 Å². The minimum atomic E-state index is -4.03. The van der Waals surface area contributed by atoms with Crippen LogP contribution in [0.1, 0.15) is 35.8 Å². The van der Waals surface area contributed by atoms with Gasteiger partial charge in [0.05, 0.1) is 10.4 Å². The third-order valence-electron chi connectivity index (χ3n) is 8.42. The van der Waals surface area contributed by atoms with Gasteiger partial charge in [-0.15, -0.1) is 0 Å². The number of nitrogens with one attached hydrogen (secondary N) is 1. The number of nitrogen functional groups attached to an aromatic ring is 1. The molecule has 0 radical (unpaired) electrons. The molecule has 0 aliphatic carbocycles. The van der Waals surface area contributed by atoms with E-state index < -0.39 is 10.0 Å². The van der Waals surface area contributed by atoms with Gasteiger partial charge in [0.25, 0.3) is 15.9 Å². The van der Waals surface area contributed by atoms with E-state index in [2.05, 4.69) is 21.5 Å². The number of halogens is 1. The first-order valence-electron chi connectivity index (χ1n) is 14.8. The molecule has 2 atom stereocenters. The molecule has 4 aromatic carbocycles. The molecular weight excluding hydrogens is 589 g/mol. The number of nitrogens with zero attached hydrogens (tertiary/aromatic N) is 3. The van der Waals surface area contributed by atoms with E-state index >= 15 is 0 Å². The van der Waals surface area contributed by atoms with E-state index in [0.717, 1.165) is 10.9 Å². The Morgan fingerprint density at radius 1 is 0.956 bits per heavy atom. The zero-order chi connectivity index (χ0) is 31.7. The van der Waals surface area contributed by atoms with Crippen LogP contribution in [0.2, 0.25) is 0 Å². The quantitative estimate of drug-likeness (QED) is 0.205. The summed E-state index contributed by atoms with van der Waals surface area (Å²) in [7, 11) is -4.03. The summed E-state index contributed by atoms with van der Waals surface area (Å²) in [4.78, 5) is 22.1. The highest BCUT2D eigenvalue weighted by Gasteiger charge is 2.31. The highest BCUT2D eigenvalue weighted by Crippen LogP contribution is 2.34. The maximum Gasteiger partial charge on any atom is 0.262 e. The fourth-order valence-corrected chi connectivity index (χ4v) is 7.22. The van der Waals surface area contributed by atoms with Gasteiger partial charge in [-0.1, -0.05) is 36.4 Å². The molecule has 230 valence electrons. The van der Waals surface area contributed by atoms with E-state index in [4.69, 9.17) is 5.73 Å². The zero-order valence-electron chi connectivity index (χ0n) is 25.0. The van der Waals surface area contributed by atoms with Gasteiger partial charge < -0.3 is 10.6 Å². The first-order chi connectivity index (χ1) is 21.6. The summed E-state index contributed by atoms with van der Waals surface area (Å²) in [5.74, 6) is -0.378. The van der Waals surface area contributed by atoms with E-state index in [1.807, 2.05) is 42.2 Å². The Hall–Kier alpha value is -4.80. The second kappa shape index (κ2) is 12.3. The van der Waals surface area contributed by atoms with Gasteiger partial charge in [-0.05, 0) is 80.1 Å². The molecule has 45 heavy (non-hydrogen) atoms. The zero-order valence-corrected chi connectivity index (χ0v) is 25.8. The van der Waals surface area contributed by atoms with Crippen molar-refractivity contribution in [3.05, 3.63) is 120 Å². The van der Waals surface area contributed by atoms with Crippen LogP contribution in [0.5, 0.6) is 0 Å². The lowest BCUT2D eigenvalue weighted by Crippen LogP contribution is -2.54. The number of fused-ring (bicyclic) bond motifs is 1. The Balaban J connectivity index is 1.17. The third-order valence-corrected chi connectivity index (χ3v) is 9.86. The average molecular weight is 624 g/mol. The first kappa shape index (κ1) is 30.2. The number of pyridine rings is 1. The fraction of sp³-hybridized carbons (Fsp3) is 0.200. The number of para-hydroxylation sites is 1. The second-order valence-electron chi connectivity index (χ2n) is 11.4. The Morgan fingerprint density at radius 2 is 1.69 bits per heavy atom. The number of carbonyl (C=O) groups excluding carboxylic acids is 1. The predicted molar refractivity (Wildman–Crippen MR) is 176 cm³/mol. The van der Waals surface area contributed by atoms with Gasteiger partial charge in [0, 0.05) is 71.4 Å². The van der Waals surface area contributed by atoms with Crippen LogP contribution >= 0.6 is 0 Å². The Kier molecular flexibility index (Phi) is 8.26. The fourth-order valence-electron chi connectivity index (χ4n) is 5.96. The van der Waals surface area contributed by atoms with Crippen molar-refractivity contribution >= 4 is 38.2 Å². The summed E-state index contributed by atoms with van der Waals surface area (Å²) in [5.41, 5.74) is 10.1. The Bertz CT molecular complexity index is 1960. The molecule has 0 bridgehead atoms. The first-order valence-corrected chi connectivity index (χ1v) is 16.3. The molecule has 1 aliphatic rings. The van der Waals surface area contributed by atoms with Gasteiger partial charge >= 0.3 is 0 Å². The van der Waals surface area contributed by atoms with Crippen LogP contribution in [0, 0.1) is 5.82 Å². The van der Waals surface area contributed by atoms with Crippen molar-refractivity contribution in [2.24, 2.45) is 0 Å².